The van der Waals surface area contributed by atoms with E-state index in [9.17, 15) is 0 Å². The lowest BCUT2D eigenvalue weighted by atomic mass is 9.82. The van der Waals surface area contributed by atoms with E-state index >= 15 is 0 Å². The first-order valence-electron chi connectivity index (χ1n) is 7.21. The topological polar surface area (TPSA) is 29.9 Å². The SMILES string of the molecule is CCn1cc(CC(C)(CC)CNCC(C)C)cn1. The molecule has 1 rings (SSSR count). The van der Waals surface area contributed by atoms with E-state index in [1.807, 2.05) is 10.9 Å². The molecule has 1 unspecified atom stereocenters. The fourth-order valence-corrected chi connectivity index (χ4v) is 2.14. The van der Waals surface area contributed by atoms with Gasteiger partial charge in [-0.2, -0.15) is 5.10 Å². The molecule has 0 fully saturated rings. The fraction of sp³-hybridized carbons (Fsp3) is 0.800. The third-order valence-electron chi connectivity index (χ3n) is 3.60. The van der Waals surface area contributed by atoms with Gasteiger partial charge in [0.2, 0.25) is 0 Å². The second kappa shape index (κ2) is 6.93. The second-order valence-corrected chi connectivity index (χ2v) is 6.07. The highest BCUT2D eigenvalue weighted by Gasteiger charge is 2.22. The number of aryl methyl sites for hydroxylation is 1. The van der Waals surface area contributed by atoms with E-state index in [2.05, 4.69) is 51.2 Å². The standard InChI is InChI=1S/C15H29N3/c1-6-15(5,12-16-9-13(3)4)8-14-10-17-18(7-2)11-14/h10-11,13,16H,6-9,12H2,1-5H3. The molecule has 0 radical (unpaired) electrons. The second-order valence-electron chi connectivity index (χ2n) is 6.07. The number of nitrogens with zero attached hydrogens (tertiary/aromatic N) is 2. The molecule has 0 amide bonds. The normalized spacial score (nSPS) is 15.0. The molecule has 1 heterocycles. The Hall–Kier alpha value is -0.830. The van der Waals surface area contributed by atoms with Crippen LogP contribution in [0.15, 0.2) is 12.4 Å². The molecular formula is C15H29N3. The van der Waals surface area contributed by atoms with E-state index in [0.29, 0.717) is 11.3 Å². The summed E-state index contributed by atoms with van der Waals surface area (Å²) in [5.41, 5.74) is 1.68. The van der Waals surface area contributed by atoms with E-state index in [-0.39, 0.29) is 0 Å². The average molecular weight is 251 g/mol. The van der Waals surface area contributed by atoms with Gasteiger partial charge in [0.05, 0.1) is 6.20 Å². The Morgan fingerprint density at radius 1 is 1.39 bits per heavy atom. The lowest BCUT2D eigenvalue weighted by Crippen LogP contribution is -2.35. The van der Waals surface area contributed by atoms with Crippen molar-refractivity contribution in [3.63, 3.8) is 0 Å². The minimum atomic E-state index is 0.330. The highest BCUT2D eigenvalue weighted by Crippen LogP contribution is 2.25. The average Bonchev–Trinajstić information content (AvgIpc) is 2.76. The molecule has 0 spiro atoms. The zero-order valence-electron chi connectivity index (χ0n) is 12.7. The van der Waals surface area contributed by atoms with Crippen LogP contribution in [0.2, 0.25) is 0 Å². The lowest BCUT2D eigenvalue weighted by molar-refractivity contribution is 0.285. The molecule has 18 heavy (non-hydrogen) atoms. The van der Waals surface area contributed by atoms with Gasteiger partial charge in [0.1, 0.15) is 0 Å². The minimum absolute atomic E-state index is 0.330. The fourth-order valence-electron chi connectivity index (χ4n) is 2.14. The quantitative estimate of drug-likeness (QED) is 0.769. The molecule has 0 aromatic carbocycles. The van der Waals surface area contributed by atoms with Gasteiger partial charge in [-0.1, -0.05) is 27.7 Å². The van der Waals surface area contributed by atoms with Gasteiger partial charge in [-0.15, -0.1) is 0 Å². The molecule has 0 aliphatic heterocycles. The van der Waals surface area contributed by atoms with Gasteiger partial charge >= 0.3 is 0 Å². The summed E-state index contributed by atoms with van der Waals surface area (Å²) in [6, 6.07) is 0. The maximum atomic E-state index is 4.36. The van der Waals surface area contributed by atoms with E-state index in [4.69, 9.17) is 0 Å². The van der Waals surface area contributed by atoms with E-state index < -0.39 is 0 Å². The third-order valence-corrected chi connectivity index (χ3v) is 3.60. The van der Waals surface area contributed by atoms with Crippen molar-refractivity contribution >= 4 is 0 Å². The van der Waals surface area contributed by atoms with Crippen LogP contribution in [0.5, 0.6) is 0 Å². The van der Waals surface area contributed by atoms with Crippen LogP contribution in [-0.2, 0) is 13.0 Å². The molecule has 1 aromatic heterocycles. The summed E-state index contributed by atoms with van der Waals surface area (Å²) >= 11 is 0. The maximum Gasteiger partial charge on any atom is 0.0521 e. The van der Waals surface area contributed by atoms with Gasteiger partial charge in [-0.3, -0.25) is 4.68 Å². The van der Waals surface area contributed by atoms with Crippen LogP contribution in [-0.4, -0.2) is 22.9 Å². The summed E-state index contributed by atoms with van der Waals surface area (Å²) in [6.45, 7) is 14.4. The van der Waals surface area contributed by atoms with E-state index in [1.54, 1.807) is 0 Å². The van der Waals surface area contributed by atoms with Gasteiger partial charge in [-0.05, 0) is 43.2 Å². The molecule has 0 aliphatic carbocycles. The number of hydrogen-bond donors (Lipinski definition) is 1. The Balaban J connectivity index is 2.52. The number of rotatable bonds is 8. The van der Waals surface area contributed by atoms with Crippen LogP contribution in [0.25, 0.3) is 0 Å². The van der Waals surface area contributed by atoms with Crippen LogP contribution in [0.4, 0.5) is 0 Å². The highest BCUT2D eigenvalue weighted by atomic mass is 15.3. The van der Waals surface area contributed by atoms with Crippen molar-refractivity contribution in [3.8, 4) is 0 Å². The van der Waals surface area contributed by atoms with Crippen molar-refractivity contribution in [2.45, 2.75) is 54.0 Å². The largest absolute Gasteiger partial charge is 0.316 e. The maximum absolute atomic E-state index is 4.36. The Labute approximate surface area is 112 Å². The van der Waals surface area contributed by atoms with Crippen molar-refractivity contribution in [3.05, 3.63) is 18.0 Å². The first-order valence-corrected chi connectivity index (χ1v) is 7.21. The van der Waals surface area contributed by atoms with Crippen molar-refractivity contribution in [1.29, 1.82) is 0 Å². The van der Waals surface area contributed by atoms with Gasteiger partial charge in [0, 0.05) is 19.3 Å². The smallest absolute Gasteiger partial charge is 0.0521 e. The first kappa shape index (κ1) is 15.2. The summed E-state index contributed by atoms with van der Waals surface area (Å²) in [4.78, 5) is 0. The van der Waals surface area contributed by atoms with Crippen LogP contribution >= 0.6 is 0 Å². The van der Waals surface area contributed by atoms with Gasteiger partial charge in [-0.25, -0.2) is 0 Å². The zero-order valence-corrected chi connectivity index (χ0v) is 12.7. The summed E-state index contributed by atoms with van der Waals surface area (Å²) in [5, 5.41) is 7.95. The predicted octanol–water partition coefficient (Wildman–Crippen LogP) is 3.11. The van der Waals surface area contributed by atoms with Crippen molar-refractivity contribution in [1.82, 2.24) is 15.1 Å². The van der Waals surface area contributed by atoms with Crippen molar-refractivity contribution in [2.24, 2.45) is 11.3 Å². The van der Waals surface area contributed by atoms with Crippen LogP contribution in [0, 0.1) is 11.3 Å². The van der Waals surface area contributed by atoms with Gasteiger partial charge in [0.25, 0.3) is 0 Å². The summed E-state index contributed by atoms with van der Waals surface area (Å²) in [7, 11) is 0. The first-order chi connectivity index (χ1) is 8.49. The summed E-state index contributed by atoms with van der Waals surface area (Å²) in [6.07, 6.45) is 6.49. The Bertz CT molecular complexity index is 343. The number of hydrogen-bond acceptors (Lipinski definition) is 2. The third kappa shape index (κ3) is 4.81. The van der Waals surface area contributed by atoms with Crippen molar-refractivity contribution in [2.75, 3.05) is 13.1 Å². The molecule has 3 nitrogen and oxygen atoms in total. The van der Waals surface area contributed by atoms with Crippen molar-refractivity contribution < 1.29 is 0 Å². The predicted molar refractivity (Wildman–Crippen MR) is 77.7 cm³/mol. The lowest BCUT2D eigenvalue weighted by Gasteiger charge is -2.28. The molecule has 0 saturated heterocycles. The van der Waals surface area contributed by atoms with Gasteiger partial charge < -0.3 is 5.32 Å². The molecule has 0 aliphatic rings. The summed E-state index contributed by atoms with van der Waals surface area (Å²) < 4.78 is 2.01. The molecule has 1 atom stereocenters. The Kier molecular flexibility index (Phi) is 5.86. The Morgan fingerprint density at radius 3 is 2.61 bits per heavy atom. The monoisotopic (exact) mass is 251 g/mol. The molecule has 104 valence electrons. The van der Waals surface area contributed by atoms with Crippen LogP contribution in [0.3, 0.4) is 0 Å². The van der Waals surface area contributed by atoms with E-state index in [0.717, 1.165) is 26.1 Å². The number of aromatic nitrogens is 2. The number of nitrogens with one attached hydrogen (secondary N) is 1. The Morgan fingerprint density at radius 2 is 2.11 bits per heavy atom. The molecular weight excluding hydrogens is 222 g/mol. The molecule has 0 bridgehead atoms. The molecule has 0 saturated carbocycles. The van der Waals surface area contributed by atoms with Crippen LogP contribution in [0.1, 0.15) is 46.6 Å². The van der Waals surface area contributed by atoms with Crippen LogP contribution < -0.4 is 5.32 Å². The highest BCUT2D eigenvalue weighted by molar-refractivity contribution is 5.07. The molecule has 3 heteroatoms. The molecule has 1 aromatic rings. The van der Waals surface area contributed by atoms with E-state index in [1.165, 1.54) is 12.0 Å². The minimum Gasteiger partial charge on any atom is -0.316 e. The zero-order chi connectivity index (χ0) is 13.6. The molecule has 1 N–H and O–H groups in total. The van der Waals surface area contributed by atoms with Gasteiger partial charge in [0.15, 0.2) is 0 Å². The summed E-state index contributed by atoms with van der Waals surface area (Å²) in [5.74, 6) is 0.717.